The predicted octanol–water partition coefficient (Wildman–Crippen LogP) is 2.67. The van der Waals surface area contributed by atoms with Crippen LogP contribution in [0, 0.1) is 0 Å². The molecule has 0 unspecified atom stereocenters. The van der Waals surface area contributed by atoms with E-state index in [2.05, 4.69) is 34.8 Å². The number of aryl methyl sites for hydroxylation is 2. The minimum absolute atomic E-state index is 0. The number of benzene rings is 1. The second kappa shape index (κ2) is 6.62. The molecule has 0 atom stereocenters. The number of imidazole rings is 1. The van der Waals surface area contributed by atoms with E-state index in [1.807, 2.05) is 6.07 Å². The van der Waals surface area contributed by atoms with Gasteiger partial charge in [0.05, 0.1) is 11.0 Å². The van der Waals surface area contributed by atoms with Crippen molar-refractivity contribution in [3.05, 3.63) is 30.1 Å². The van der Waals surface area contributed by atoms with Crippen LogP contribution < -0.4 is 5.73 Å². The fourth-order valence-corrected chi connectivity index (χ4v) is 2.02. The quantitative estimate of drug-likeness (QED) is 0.833. The molecule has 0 radical (unpaired) electrons. The number of rotatable bonds is 5. The van der Waals surface area contributed by atoms with E-state index in [1.54, 1.807) is 0 Å². The number of nitrogens with two attached hydrogens (primary N) is 1. The van der Waals surface area contributed by atoms with Crippen molar-refractivity contribution in [2.75, 3.05) is 6.54 Å². The molecule has 94 valence electrons. The van der Waals surface area contributed by atoms with Crippen LogP contribution in [-0.2, 0) is 13.5 Å². The number of halogens is 1. The van der Waals surface area contributed by atoms with Crippen LogP contribution in [0.2, 0.25) is 0 Å². The Hall–Kier alpha value is -1.06. The first-order valence-electron chi connectivity index (χ1n) is 5.93. The molecule has 2 aromatic rings. The summed E-state index contributed by atoms with van der Waals surface area (Å²) in [6, 6.07) is 8.28. The maximum absolute atomic E-state index is 5.48. The minimum Gasteiger partial charge on any atom is -0.331 e. The third kappa shape index (κ3) is 3.20. The van der Waals surface area contributed by atoms with Crippen LogP contribution in [0.3, 0.4) is 0 Å². The largest absolute Gasteiger partial charge is 0.331 e. The molecule has 0 bridgehead atoms. The number of nitrogens with zero attached hydrogens (tertiary/aromatic N) is 2. The molecule has 0 aliphatic carbocycles. The van der Waals surface area contributed by atoms with Gasteiger partial charge < -0.3 is 10.3 Å². The summed E-state index contributed by atoms with van der Waals surface area (Å²) in [7, 11) is 2.09. The Morgan fingerprint density at radius 1 is 1.18 bits per heavy atom. The third-order valence-corrected chi connectivity index (χ3v) is 2.98. The van der Waals surface area contributed by atoms with Gasteiger partial charge >= 0.3 is 0 Å². The molecule has 0 spiro atoms. The van der Waals surface area contributed by atoms with Crippen molar-refractivity contribution in [1.29, 1.82) is 0 Å². The van der Waals surface area contributed by atoms with Gasteiger partial charge in [-0.05, 0) is 31.5 Å². The lowest BCUT2D eigenvalue weighted by molar-refractivity contribution is 0.656. The topological polar surface area (TPSA) is 43.8 Å². The second-order valence-corrected chi connectivity index (χ2v) is 4.18. The lowest BCUT2D eigenvalue weighted by Crippen LogP contribution is -2.01. The Bertz CT molecular complexity index is 465. The molecule has 0 aliphatic heterocycles. The van der Waals surface area contributed by atoms with Crippen LogP contribution in [0.25, 0.3) is 11.0 Å². The number of hydrogen-bond donors (Lipinski definition) is 1. The Balaban J connectivity index is 0.00000144. The first kappa shape index (κ1) is 14.0. The van der Waals surface area contributed by atoms with Crippen molar-refractivity contribution < 1.29 is 0 Å². The molecule has 0 amide bonds. The fourth-order valence-electron chi connectivity index (χ4n) is 2.02. The van der Waals surface area contributed by atoms with E-state index in [9.17, 15) is 0 Å². The molecular formula is C13H20ClN3. The van der Waals surface area contributed by atoms with Crippen LogP contribution in [-0.4, -0.2) is 16.1 Å². The number of para-hydroxylation sites is 2. The van der Waals surface area contributed by atoms with Crippen molar-refractivity contribution in [2.45, 2.75) is 25.7 Å². The standard InChI is InChI=1S/C13H19N3.ClH/c1-16-12-8-5-4-7-11(12)15-13(16)9-3-2-6-10-14;/h4-5,7-8H,2-3,6,9-10,14H2,1H3;1H. The van der Waals surface area contributed by atoms with Gasteiger partial charge in [0.1, 0.15) is 5.82 Å². The molecule has 1 aromatic carbocycles. The normalized spacial score (nSPS) is 10.5. The minimum atomic E-state index is 0. The van der Waals surface area contributed by atoms with Crippen LogP contribution in [0.15, 0.2) is 24.3 Å². The average Bonchev–Trinajstić information content (AvgIpc) is 2.63. The molecule has 4 heteroatoms. The average molecular weight is 254 g/mol. The van der Waals surface area contributed by atoms with Crippen LogP contribution in [0.5, 0.6) is 0 Å². The maximum atomic E-state index is 5.48. The summed E-state index contributed by atoms with van der Waals surface area (Å²) in [6.45, 7) is 0.794. The first-order chi connectivity index (χ1) is 7.83. The summed E-state index contributed by atoms with van der Waals surface area (Å²) in [5, 5.41) is 0. The van der Waals surface area contributed by atoms with Gasteiger partial charge in [-0.3, -0.25) is 0 Å². The summed E-state index contributed by atoms with van der Waals surface area (Å²) in [5.74, 6) is 1.18. The highest BCUT2D eigenvalue weighted by Crippen LogP contribution is 2.15. The Morgan fingerprint density at radius 3 is 2.65 bits per heavy atom. The smallest absolute Gasteiger partial charge is 0.109 e. The Labute approximate surface area is 108 Å². The van der Waals surface area contributed by atoms with Crippen molar-refractivity contribution >= 4 is 23.4 Å². The van der Waals surface area contributed by atoms with Gasteiger partial charge in [0, 0.05) is 13.5 Å². The lowest BCUT2D eigenvalue weighted by atomic mass is 10.2. The molecule has 0 fully saturated rings. The van der Waals surface area contributed by atoms with Crippen LogP contribution >= 0.6 is 12.4 Å². The summed E-state index contributed by atoms with van der Waals surface area (Å²) in [4.78, 5) is 4.64. The van der Waals surface area contributed by atoms with Gasteiger partial charge in [0.25, 0.3) is 0 Å². The van der Waals surface area contributed by atoms with Gasteiger partial charge in [-0.1, -0.05) is 18.6 Å². The van der Waals surface area contributed by atoms with E-state index in [4.69, 9.17) is 5.73 Å². The zero-order valence-electron chi connectivity index (χ0n) is 10.2. The highest BCUT2D eigenvalue weighted by Gasteiger charge is 2.05. The van der Waals surface area contributed by atoms with Crippen molar-refractivity contribution in [3.8, 4) is 0 Å². The van der Waals surface area contributed by atoms with Gasteiger partial charge in [-0.2, -0.15) is 0 Å². The Kier molecular flexibility index (Phi) is 5.45. The predicted molar refractivity (Wildman–Crippen MR) is 74.6 cm³/mol. The van der Waals surface area contributed by atoms with Gasteiger partial charge in [-0.25, -0.2) is 4.98 Å². The van der Waals surface area contributed by atoms with Crippen molar-refractivity contribution in [1.82, 2.24) is 9.55 Å². The van der Waals surface area contributed by atoms with E-state index < -0.39 is 0 Å². The Morgan fingerprint density at radius 2 is 1.94 bits per heavy atom. The van der Waals surface area contributed by atoms with E-state index in [1.165, 1.54) is 24.2 Å². The van der Waals surface area contributed by atoms with Crippen LogP contribution in [0.1, 0.15) is 25.1 Å². The molecule has 3 nitrogen and oxygen atoms in total. The summed E-state index contributed by atoms with van der Waals surface area (Å²) in [6.07, 6.45) is 4.53. The van der Waals surface area contributed by atoms with Crippen molar-refractivity contribution in [3.63, 3.8) is 0 Å². The zero-order chi connectivity index (χ0) is 11.4. The highest BCUT2D eigenvalue weighted by molar-refractivity contribution is 5.85. The third-order valence-electron chi connectivity index (χ3n) is 2.98. The molecular weight excluding hydrogens is 234 g/mol. The number of hydrogen-bond acceptors (Lipinski definition) is 2. The SMILES string of the molecule is Cl.Cn1c(CCCCCN)nc2ccccc21. The van der Waals surface area contributed by atoms with Gasteiger partial charge in [0.15, 0.2) is 0 Å². The van der Waals surface area contributed by atoms with E-state index in [-0.39, 0.29) is 12.4 Å². The number of unbranched alkanes of at least 4 members (excludes halogenated alkanes) is 2. The van der Waals surface area contributed by atoms with Crippen molar-refractivity contribution in [2.24, 2.45) is 12.8 Å². The molecule has 17 heavy (non-hydrogen) atoms. The van der Waals surface area contributed by atoms with Crippen LogP contribution in [0.4, 0.5) is 0 Å². The van der Waals surface area contributed by atoms with E-state index in [0.29, 0.717) is 0 Å². The zero-order valence-corrected chi connectivity index (χ0v) is 11.0. The summed E-state index contributed by atoms with van der Waals surface area (Å²) < 4.78 is 2.19. The second-order valence-electron chi connectivity index (χ2n) is 4.18. The number of aromatic nitrogens is 2. The maximum Gasteiger partial charge on any atom is 0.109 e. The highest BCUT2D eigenvalue weighted by atomic mass is 35.5. The number of fused-ring (bicyclic) bond motifs is 1. The molecule has 0 saturated carbocycles. The summed E-state index contributed by atoms with van der Waals surface area (Å²) in [5.41, 5.74) is 7.79. The van der Waals surface area contributed by atoms with E-state index >= 15 is 0 Å². The molecule has 1 heterocycles. The fraction of sp³-hybridized carbons (Fsp3) is 0.462. The lowest BCUT2D eigenvalue weighted by Gasteiger charge is -2.01. The molecule has 2 N–H and O–H groups in total. The molecule has 2 rings (SSSR count). The molecule has 1 aromatic heterocycles. The first-order valence-corrected chi connectivity index (χ1v) is 5.93. The molecule has 0 saturated heterocycles. The summed E-state index contributed by atoms with van der Waals surface area (Å²) >= 11 is 0. The molecule has 0 aliphatic rings. The van der Waals surface area contributed by atoms with Gasteiger partial charge in [-0.15, -0.1) is 12.4 Å². The van der Waals surface area contributed by atoms with Gasteiger partial charge in [0.2, 0.25) is 0 Å². The monoisotopic (exact) mass is 253 g/mol. The van der Waals surface area contributed by atoms with E-state index in [0.717, 1.165) is 24.9 Å².